The van der Waals surface area contributed by atoms with Crippen LogP contribution in [0.1, 0.15) is 24.8 Å². The van der Waals surface area contributed by atoms with Crippen molar-refractivity contribution in [1.29, 1.82) is 0 Å². The van der Waals surface area contributed by atoms with Crippen molar-refractivity contribution in [3.8, 4) is 5.88 Å². The molecule has 3 rings (SSSR count). The highest BCUT2D eigenvalue weighted by molar-refractivity contribution is 7.90. The molecule has 1 fully saturated rings. The fourth-order valence-corrected chi connectivity index (χ4v) is 3.95. The zero-order valence-corrected chi connectivity index (χ0v) is 13.2. The highest BCUT2D eigenvalue weighted by Gasteiger charge is 2.23. The van der Waals surface area contributed by atoms with E-state index >= 15 is 0 Å². The summed E-state index contributed by atoms with van der Waals surface area (Å²) in [6.45, 7) is 2.89. The number of nitrogens with zero attached hydrogens (tertiary/aromatic N) is 2. The predicted molar refractivity (Wildman–Crippen MR) is 86.1 cm³/mol. The number of anilines is 1. The summed E-state index contributed by atoms with van der Waals surface area (Å²) >= 11 is 0. The standard InChI is InChI=1S/C15H19N3O3S/c1-11-9-12-10-13(5-6-14(12)16-15(11)19)17-22(20,21)18-7-3-2-4-8-18/h5-6,9-10,17H,2-4,7-8H2,1H3,(H,16,19). The van der Waals surface area contributed by atoms with Crippen molar-refractivity contribution in [3.05, 3.63) is 29.8 Å². The molecule has 22 heavy (non-hydrogen) atoms. The van der Waals surface area contributed by atoms with Crippen LogP contribution in [0, 0.1) is 6.92 Å². The number of fused-ring (bicyclic) bond motifs is 1. The Morgan fingerprint density at radius 3 is 2.64 bits per heavy atom. The van der Waals surface area contributed by atoms with Gasteiger partial charge in [-0.3, -0.25) is 4.72 Å². The van der Waals surface area contributed by atoms with E-state index in [9.17, 15) is 13.5 Å². The van der Waals surface area contributed by atoms with E-state index in [-0.39, 0.29) is 5.88 Å². The molecule has 2 N–H and O–H groups in total. The van der Waals surface area contributed by atoms with Gasteiger partial charge in [-0.2, -0.15) is 12.7 Å². The van der Waals surface area contributed by atoms with Crippen LogP contribution in [0.4, 0.5) is 5.69 Å². The third kappa shape index (κ3) is 3.00. The number of piperidine rings is 1. The van der Waals surface area contributed by atoms with Crippen LogP contribution in [0.5, 0.6) is 5.88 Å². The number of pyridine rings is 1. The summed E-state index contributed by atoms with van der Waals surface area (Å²) in [6, 6.07) is 6.88. The third-order valence-electron chi connectivity index (χ3n) is 3.88. The fourth-order valence-electron chi connectivity index (χ4n) is 2.65. The van der Waals surface area contributed by atoms with E-state index in [1.54, 1.807) is 31.2 Å². The molecule has 1 aromatic heterocycles. The lowest BCUT2D eigenvalue weighted by atomic mass is 10.1. The van der Waals surface area contributed by atoms with Crippen molar-refractivity contribution in [2.45, 2.75) is 26.2 Å². The lowest BCUT2D eigenvalue weighted by molar-refractivity contribution is 0.349. The maximum Gasteiger partial charge on any atom is 0.301 e. The average molecular weight is 321 g/mol. The Kier molecular flexibility index (Phi) is 3.92. The van der Waals surface area contributed by atoms with Gasteiger partial charge >= 0.3 is 10.2 Å². The van der Waals surface area contributed by atoms with Gasteiger partial charge in [0.2, 0.25) is 5.88 Å². The third-order valence-corrected chi connectivity index (χ3v) is 5.42. The number of hydrogen-bond acceptors (Lipinski definition) is 4. The van der Waals surface area contributed by atoms with Gasteiger partial charge in [-0.25, -0.2) is 4.98 Å². The first-order valence-electron chi connectivity index (χ1n) is 7.34. The highest BCUT2D eigenvalue weighted by Crippen LogP contribution is 2.24. The number of aromatic hydroxyl groups is 1. The second kappa shape index (κ2) is 5.73. The smallest absolute Gasteiger partial charge is 0.301 e. The van der Waals surface area contributed by atoms with Gasteiger partial charge in [0, 0.05) is 24.0 Å². The Bertz CT molecular complexity index is 799. The molecule has 6 nitrogen and oxygen atoms in total. The summed E-state index contributed by atoms with van der Waals surface area (Å²) < 4.78 is 28.9. The van der Waals surface area contributed by atoms with Crippen LogP contribution >= 0.6 is 0 Å². The topological polar surface area (TPSA) is 82.5 Å². The van der Waals surface area contributed by atoms with Gasteiger partial charge in [0.05, 0.1) is 11.2 Å². The summed E-state index contributed by atoms with van der Waals surface area (Å²) in [4.78, 5) is 4.07. The average Bonchev–Trinajstić information content (AvgIpc) is 2.49. The maximum atomic E-state index is 12.4. The molecule has 0 spiro atoms. The first-order chi connectivity index (χ1) is 10.5. The quantitative estimate of drug-likeness (QED) is 0.909. The molecule has 0 amide bonds. The van der Waals surface area contributed by atoms with E-state index in [0.717, 1.165) is 24.6 Å². The first-order valence-corrected chi connectivity index (χ1v) is 8.78. The summed E-state index contributed by atoms with van der Waals surface area (Å²) in [5.74, 6) is -0.00542. The van der Waals surface area contributed by atoms with Crippen LogP contribution in [-0.2, 0) is 10.2 Å². The van der Waals surface area contributed by atoms with Crippen molar-refractivity contribution in [3.63, 3.8) is 0 Å². The van der Waals surface area contributed by atoms with Crippen molar-refractivity contribution in [1.82, 2.24) is 9.29 Å². The molecule has 1 aliphatic heterocycles. The van der Waals surface area contributed by atoms with Crippen LogP contribution in [0.25, 0.3) is 10.9 Å². The molecule has 0 aliphatic carbocycles. The van der Waals surface area contributed by atoms with Gasteiger partial charge in [0.15, 0.2) is 0 Å². The Morgan fingerprint density at radius 2 is 1.91 bits per heavy atom. The number of benzene rings is 1. The molecule has 0 radical (unpaired) electrons. The summed E-state index contributed by atoms with van der Waals surface area (Å²) in [5.41, 5.74) is 1.79. The molecule has 0 atom stereocenters. The Hall–Kier alpha value is -1.86. The van der Waals surface area contributed by atoms with Crippen LogP contribution < -0.4 is 4.72 Å². The van der Waals surface area contributed by atoms with Crippen molar-refractivity contribution in [2.24, 2.45) is 0 Å². The van der Waals surface area contributed by atoms with E-state index in [1.165, 1.54) is 4.31 Å². The Morgan fingerprint density at radius 1 is 1.18 bits per heavy atom. The second-order valence-electron chi connectivity index (χ2n) is 5.60. The molecule has 2 heterocycles. The molecule has 1 aromatic carbocycles. The fraction of sp³-hybridized carbons (Fsp3) is 0.400. The van der Waals surface area contributed by atoms with Crippen molar-refractivity contribution in [2.75, 3.05) is 17.8 Å². The minimum Gasteiger partial charge on any atom is -0.493 e. The molecule has 7 heteroatoms. The van der Waals surface area contributed by atoms with E-state index in [4.69, 9.17) is 0 Å². The van der Waals surface area contributed by atoms with Crippen LogP contribution in [0.15, 0.2) is 24.3 Å². The first kappa shape index (κ1) is 15.1. The van der Waals surface area contributed by atoms with Crippen LogP contribution in [0.3, 0.4) is 0 Å². The van der Waals surface area contributed by atoms with Crippen molar-refractivity contribution >= 4 is 26.8 Å². The summed E-state index contributed by atoms with van der Waals surface area (Å²) in [5, 5.41) is 10.4. The van der Waals surface area contributed by atoms with Gasteiger partial charge in [-0.15, -0.1) is 0 Å². The minimum absolute atomic E-state index is 0.00542. The van der Waals surface area contributed by atoms with Gasteiger partial charge in [-0.05, 0) is 44.0 Å². The number of rotatable bonds is 3. The molecule has 0 bridgehead atoms. The normalized spacial score (nSPS) is 16.8. The van der Waals surface area contributed by atoms with E-state index in [0.29, 0.717) is 29.9 Å². The molecule has 0 saturated carbocycles. The Labute approximate surface area is 130 Å². The number of aromatic nitrogens is 1. The summed E-state index contributed by atoms with van der Waals surface area (Å²) in [6.07, 6.45) is 2.89. The maximum absolute atomic E-state index is 12.4. The zero-order chi connectivity index (χ0) is 15.7. The Balaban J connectivity index is 1.88. The molecule has 1 saturated heterocycles. The predicted octanol–water partition coefficient (Wildman–Crippen LogP) is 2.39. The van der Waals surface area contributed by atoms with Gasteiger partial charge in [0.25, 0.3) is 0 Å². The molecular weight excluding hydrogens is 302 g/mol. The second-order valence-corrected chi connectivity index (χ2v) is 7.27. The lowest BCUT2D eigenvalue weighted by Gasteiger charge is -2.26. The largest absolute Gasteiger partial charge is 0.493 e. The van der Waals surface area contributed by atoms with E-state index < -0.39 is 10.2 Å². The zero-order valence-electron chi connectivity index (χ0n) is 12.4. The highest BCUT2D eigenvalue weighted by atomic mass is 32.2. The lowest BCUT2D eigenvalue weighted by Crippen LogP contribution is -2.39. The van der Waals surface area contributed by atoms with Crippen LogP contribution in [-0.4, -0.2) is 35.9 Å². The SMILES string of the molecule is Cc1cc2cc(NS(=O)(=O)N3CCCCC3)ccc2nc1O. The number of nitrogens with one attached hydrogen (secondary N) is 1. The monoisotopic (exact) mass is 321 g/mol. The van der Waals surface area contributed by atoms with Gasteiger partial charge in [-0.1, -0.05) is 6.42 Å². The minimum atomic E-state index is -3.51. The number of aryl methyl sites for hydroxylation is 1. The molecule has 2 aromatic rings. The van der Waals surface area contributed by atoms with Gasteiger partial charge < -0.3 is 5.11 Å². The number of hydrogen-bond donors (Lipinski definition) is 2. The summed E-state index contributed by atoms with van der Waals surface area (Å²) in [7, 11) is -3.51. The molecule has 0 unspecified atom stereocenters. The molecule has 118 valence electrons. The van der Waals surface area contributed by atoms with E-state index in [1.807, 2.05) is 0 Å². The van der Waals surface area contributed by atoms with E-state index in [2.05, 4.69) is 9.71 Å². The molecular formula is C15H19N3O3S. The molecule has 1 aliphatic rings. The van der Waals surface area contributed by atoms with Crippen molar-refractivity contribution < 1.29 is 13.5 Å². The van der Waals surface area contributed by atoms with Crippen LogP contribution in [0.2, 0.25) is 0 Å². The van der Waals surface area contributed by atoms with Gasteiger partial charge in [0.1, 0.15) is 0 Å².